The van der Waals surface area contributed by atoms with Crippen molar-refractivity contribution in [2.24, 2.45) is 10.2 Å². The smallest absolute Gasteiger partial charge is 0.294 e. The van der Waals surface area contributed by atoms with Crippen LogP contribution in [0, 0.1) is 6.92 Å². The molecular formula is C33H28N8O8S2. The molecule has 6 rings (SSSR count). The van der Waals surface area contributed by atoms with Crippen molar-refractivity contribution in [3.05, 3.63) is 103 Å². The normalized spacial score (nSPS) is 11.8. The minimum Gasteiger partial charge on any atom is -0.507 e. The summed E-state index contributed by atoms with van der Waals surface area (Å²) < 4.78 is 72.3. The van der Waals surface area contributed by atoms with Gasteiger partial charge in [-0.05, 0) is 66.4 Å². The van der Waals surface area contributed by atoms with Crippen molar-refractivity contribution in [1.29, 1.82) is 0 Å². The lowest BCUT2D eigenvalue weighted by atomic mass is 10.1. The second kappa shape index (κ2) is 14.0. The molecule has 1 aromatic heterocycles. The van der Waals surface area contributed by atoms with Crippen LogP contribution in [-0.2, 0) is 20.2 Å². The van der Waals surface area contributed by atoms with Crippen LogP contribution < -0.4 is 20.7 Å². The van der Waals surface area contributed by atoms with Gasteiger partial charge >= 0.3 is 0 Å². The maximum Gasteiger partial charge on any atom is 0.294 e. The number of para-hydroxylation sites is 2. The number of aromatic hydroxyl groups is 1. The SMILES string of the molecule is COc1cc(N=Nc2cc(S(=O)(=O)O)cc3cc(S(=O)(=O)O)cc(O)c23)c(C)cc1Nc1nc(Nc2ccccc2)nc(Nc2ccccc2)n1. The first-order valence-electron chi connectivity index (χ1n) is 14.8. The van der Waals surface area contributed by atoms with Crippen LogP contribution in [0.2, 0.25) is 0 Å². The van der Waals surface area contributed by atoms with Gasteiger partial charge < -0.3 is 25.8 Å². The summed E-state index contributed by atoms with van der Waals surface area (Å²) in [5, 5.41) is 28.3. The number of nitrogens with one attached hydrogen (secondary N) is 3. The van der Waals surface area contributed by atoms with E-state index in [1.54, 1.807) is 19.1 Å². The third-order valence-corrected chi connectivity index (χ3v) is 8.94. The van der Waals surface area contributed by atoms with Crippen molar-refractivity contribution in [2.45, 2.75) is 16.7 Å². The summed E-state index contributed by atoms with van der Waals surface area (Å²) in [5.41, 5.74) is 2.57. The number of hydrogen-bond donors (Lipinski definition) is 6. The molecule has 260 valence electrons. The van der Waals surface area contributed by atoms with Crippen LogP contribution in [0.4, 0.5) is 46.3 Å². The van der Waals surface area contributed by atoms with Gasteiger partial charge in [0.2, 0.25) is 17.8 Å². The lowest BCUT2D eigenvalue weighted by Crippen LogP contribution is -2.08. The van der Waals surface area contributed by atoms with Crippen LogP contribution in [0.15, 0.2) is 117 Å². The Morgan fingerprint density at radius 2 is 1.14 bits per heavy atom. The van der Waals surface area contributed by atoms with Crippen molar-refractivity contribution >= 4 is 77.3 Å². The zero-order valence-electron chi connectivity index (χ0n) is 26.7. The Hall–Kier alpha value is -6.21. The maximum absolute atomic E-state index is 12.0. The quantitative estimate of drug-likeness (QED) is 0.0572. The molecule has 5 aromatic carbocycles. The Labute approximate surface area is 291 Å². The van der Waals surface area contributed by atoms with E-state index in [9.17, 15) is 31.0 Å². The van der Waals surface area contributed by atoms with Gasteiger partial charge in [-0.1, -0.05) is 36.4 Å². The van der Waals surface area contributed by atoms with Crippen LogP contribution in [0.3, 0.4) is 0 Å². The fourth-order valence-electron chi connectivity index (χ4n) is 4.92. The van der Waals surface area contributed by atoms with Gasteiger partial charge in [0, 0.05) is 23.5 Å². The van der Waals surface area contributed by atoms with Gasteiger partial charge in [0.1, 0.15) is 11.5 Å². The molecule has 18 heteroatoms. The van der Waals surface area contributed by atoms with Crippen molar-refractivity contribution in [3.8, 4) is 11.5 Å². The summed E-state index contributed by atoms with van der Waals surface area (Å²) in [4.78, 5) is 12.2. The van der Waals surface area contributed by atoms with E-state index >= 15 is 0 Å². The first-order valence-corrected chi connectivity index (χ1v) is 17.7. The summed E-state index contributed by atoms with van der Waals surface area (Å²) in [7, 11) is -8.14. The van der Waals surface area contributed by atoms with E-state index in [2.05, 4.69) is 41.1 Å². The molecule has 0 amide bonds. The molecule has 0 radical (unpaired) electrons. The predicted octanol–water partition coefficient (Wildman–Crippen LogP) is 7.19. The zero-order chi connectivity index (χ0) is 36.3. The molecule has 0 atom stereocenters. The van der Waals surface area contributed by atoms with Crippen LogP contribution in [0.5, 0.6) is 11.5 Å². The average Bonchev–Trinajstić information content (AvgIpc) is 3.07. The Morgan fingerprint density at radius 1 is 0.647 bits per heavy atom. The third kappa shape index (κ3) is 8.16. The molecule has 16 nitrogen and oxygen atoms in total. The number of aromatic nitrogens is 3. The molecule has 0 aliphatic heterocycles. The van der Waals surface area contributed by atoms with Gasteiger partial charge in [-0.15, -0.1) is 5.11 Å². The lowest BCUT2D eigenvalue weighted by Gasteiger charge is -2.14. The van der Waals surface area contributed by atoms with Gasteiger partial charge in [-0.2, -0.15) is 36.9 Å². The van der Waals surface area contributed by atoms with E-state index < -0.39 is 35.8 Å². The summed E-state index contributed by atoms with van der Waals surface area (Å²) in [6, 6.07) is 25.5. The molecule has 6 N–H and O–H groups in total. The summed E-state index contributed by atoms with van der Waals surface area (Å²) in [6.07, 6.45) is 0. The van der Waals surface area contributed by atoms with Gasteiger partial charge in [-0.3, -0.25) is 9.11 Å². The largest absolute Gasteiger partial charge is 0.507 e. The highest BCUT2D eigenvalue weighted by molar-refractivity contribution is 7.86. The number of nitrogens with zero attached hydrogens (tertiary/aromatic N) is 5. The Morgan fingerprint density at radius 3 is 1.65 bits per heavy atom. The summed E-state index contributed by atoms with van der Waals surface area (Å²) >= 11 is 0. The van der Waals surface area contributed by atoms with E-state index in [-0.39, 0.29) is 40.0 Å². The van der Waals surface area contributed by atoms with Gasteiger partial charge in [0.25, 0.3) is 20.2 Å². The van der Waals surface area contributed by atoms with Crippen LogP contribution in [0.1, 0.15) is 5.56 Å². The highest BCUT2D eigenvalue weighted by atomic mass is 32.2. The molecule has 0 aliphatic rings. The number of phenols is 1. The molecule has 0 fully saturated rings. The highest BCUT2D eigenvalue weighted by Gasteiger charge is 2.20. The number of rotatable bonds is 11. The number of aryl methyl sites for hydroxylation is 1. The highest BCUT2D eigenvalue weighted by Crippen LogP contribution is 2.40. The topological polar surface area (TPSA) is 238 Å². The number of methoxy groups -OCH3 is 1. The molecule has 0 saturated heterocycles. The predicted molar refractivity (Wildman–Crippen MR) is 190 cm³/mol. The minimum atomic E-state index is -4.81. The standard InChI is InChI=1S/C33H28N8O8S2/c1-19-13-26(36-33-38-31(34-21-9-5-3-6-10-21)37-32(39-33)35-22-11-7-4-8-12-22)29(49-2)18-25(19)40-41-27-16-23(50(43,44)45)14-20-15-24(51(46,47)48)17-28(42)30(20)27/h3-18,42H,1-2H3,(H,43,44,45)(H,46,47,48)(H3,34,35,36,37,38,39). The average molecular weight is 729 g/mol. The van der Waals surface area contributed by atoms with E-state index in [0.29, 0.717) is 17.0 Å². The van der Waals surface area contributed by atoms with E-state index in [1.807, 2.05) is 60.7 Å². The zero-order valence-corrected chi connectivity index (χ0v) is 28.3. The number of phenolic OH excluding ortho intramolecular Hbond substituents is 1. The summed E-state index contributed by atoms with van der Waals surface area (Å²) in [6.45, 7) is 1.72. The van der Waals surface area contributed by atoms with Gasteiger partial charge in [0.05, 0.1) is 39.3 Å². The molecule has 6 aromatic rings. The maximum atomic E-state index is 12.0. The van der Waals surface area contributed by atoms with Gasteiger partial charge in [-0.25, -0.2) is 0 Å². The molecule has 0 aliphatic carbocycles. The molecule has 1 heterocycles. The first kappa shape index (κ1) is 34.6. The summed E-state index contributed by atoms with van der Waals surface area (Å²) in [5.74, 6) is 0.336. The molecular weight excluding hydrogens is 701 g/mol. The van der Waals surface area contributed by atoms with Crippen molar-refractivity contribution in [2.75, 3.05) is 23.1 Å². The first-order chi connectivity index (χ1) is 24.3. The minimum absolute atomic E-state index is 0.0869. The van der Waals surface area contributed by atoms with E-state index in [4.69, 9.17) is 4.74 Å². The van der Waals surface area contributed by atoms with Crippen molar-refractivity contribution < 1.29 is 35.8 Å². The third-order valence-electron chi connectivity index (χ3n) is 7.28. The number of benzene rings is 5. The number of anilines is 6. The van der Waals surface area contributed by atoms with Crippen molar-refractivity contribution in [1.82, 2.24) is 15.0 Å². The Bertz CT molecular complexity index is 2460. The number of fused-ring (bicyclic) bond motifs is 1. The Balaban J connectivity index is 1.37. The molecule has 51 heavy (non-hydrogen) atoms. The number of hydrogen-bond acceptors (Lipinski definition) is 14. The van der Waals surface area contributed by atoms with Gasteiger partial charge in [0.15, 0.2) is 0 Å². The number of ether oxygens (including phenoxy) is 1. The Kier molecular flexibility index (Phi) is 9.48. The van der Waals surface area contributed by atoms with Crippen molar-refractivity contribution in [3.63, 3.8) is 0 Å². The van der Waals surface area contributed by atoms with E-state index in [1.165, 1.54) is 7.11 Å². The van der Waals surface area contributed by atoms with Crippen LogP contribution >= 0.6 is 0 Å². The van der Waals surface area contributed by atoms with E-state index in [0.717, 1.165) is 35.6 Å². The van der Waals surface area contributed by atoms with Crippen LogP contribution in [-0.4, -0.2) is 53.1 Å². The lowest BCUT2D eigenvalue weighted by molar-refractivity contribution is 0.417. The van der Waals surface area contributed by atoms with Crippen LogP contribution in [0.25, 0.3) is 10.8 Å². The molecule has 0 saturated carbocycles. The second-order valence-electron chi connectivity index (χ2n) is 10.9. The number of azo groups is 1. The fourth-order valence-corrected chi connectivity index (χ4v) is 5.99. The molecule has 0 unspecified atom stereocenters. The monoisotopic (exact) mass is 728 g/mol. The molecule has 0 bridgehead atoms. The molecule has 0 spiro atoms. The second-order valence-corrected chi connectivity index (χ2v) is 13.7. The fraction of sp³-hybridized carbons (Fsp3) is 0.0606.